The molecule has 2 aliphatic rings. The van der Waals surface area contributed by atoms with Crippen molar-refractivity contribution in [2.75, 3.05) is 13.2 Å². The van der Waals surface area contributed by atoms with Gasteiger partial charge in [-0.15, -0.1) is 0 Å². The number of ether oxygens (including phenoxy) is 1. The van der Waals surface area contributed by atoms with Gasteiger partial charge in [-0.1, -0.05) is 19.3 Å². The molecule has 1 saturated carbocycles. The molecule has 6 nitrogen and oxygen atoms in total. The first-order valence-corrected chi connectivity index (χ1v) is 8.01. The molecule has 1 saturated heterocycles. The van der Waals surface area contributed by atoms with Crippen molar-refractivity contribution in [3.05, 3.63) is 0 Å². The molecule has 0 spiro atoms. The number of nitrogens with zero attached hydrogens (tertiary/aromatic N) is 1. The minimum atomic E-state index is -0.692. The van der Waals surface area contributed by atoms with Gasteiger partial charge in [-0.2, -0.15) is 5.10 Å². The first-order chi connectivity index (χ1) is 10.3. The molecule has 2 rings (SSSR count). The molecule has 2 fully saturated rings. The molecule has 0 aromatic rings. The van der Waals surface area contributed by atoms with Crippen LogP contribution in [0.1, 0.15) is 57.8 Å². The predicted octanol–water partition coefficient (Wildman–Crippen LogP) is 1.50. The van der Waals surface area contributed by atoms with Crippen molar-refractivity contribution in [1.82, 2.24) is 10.7 Å². The molecule has 21 heavy (non-hydrogen) atoms. The van der Waals surface area contributed by atoms with Gasteiger partial charge in [0, 0.05) is 18.9 Å². The third kappa shape index (κ3) is 5.83. The first kappa shape index (κ1) is 15.9. The van der Waals surface area contributed by atoms with E-state index < -0.39 is 11.8 Å². The topological polar surface area (TPSA) is 79.8 Å². The average Bonchev–Trinajstić information content (AvgIpc) is 2.96. The van der Waals surface area contributed by atoms with Crippen molar-refractivity contribution >= 4 is 17.5 Å². The Labute approximate surface area is 125 Å². The van der Waals surface area contributed by atoms with E-state index in [1.54, 1.807) is 0 Å². The zero-order chi connectivity index (χ0) is 14.9. The lowest BCUT2D eigenvalue weighted by molar-refractivity contribution is -0.139. The van der Waals surface area contributed by atoms with Crippen LogP contribution in [0.2, 0.25) is 0 Å². The fourth-order valence-electron chi connectivity index (χ4n) is 2.70. The molecule has 1 aliphatic carbocycles. The van der Waals surface area contributed by atoms with Crippen molar-refractivity contribution in [3.8, 4) is 0 Å². The number of hydrogen-bond acceptors (Lipinski definition) is 4. The highest BCUT2D eigenvalue weighted by Crippen LogP contribution is 2.14. The van der Waals surface area contributed by atoms with Gasteiger partial charge in [0.2, 0.25) is 0 Å². The van der Waals surface area contributed by atoms with Gasteiger partial charge in [0.25, 0.3) is 0 Å². The van der Waals surface area contributed by atoms with Crippen LogP contribution in [-0.4, -0.2) is 36.8 Å². The van der Waals surface area contributed by atoms with Crippen LogP contribution in [0.15, 0.2) is 5.10 Å². The van der Waals surface area contributed by atoms with Crippen LogP contribution >= 0.6 is 0 Å². The molecular weight excluding hydrogens is 270 g/mol. The second-order valence-corrected chi connectivity index (χ2v) is 5.73. The number of amides is 2. The van der Waals surface area contributed by atoms with Gasteiger partial charge in [-0.3, -0.25) is 9.59 Å². The highest BCUT2D eigenvalue weighted by molar-refractivity contribution is 6.35. The quantitative estimate of drug-likeness (QED) is 0.611. The normalized spacial score (nSPS) is 23.0. The highest BCUT2D eigenvalue weighted by Gasteiger charge is 2.19. The molecule has 0 aromatic heterocycles. The van der Waals surface area contributed by atoms with Gasteiger partial charge in [0.1, 0.15) is 0 Å². The molecule has 118 valence electrons. The SMILES string of the molecule is O=C(NC[C@@H]1CCCO1)C(=O)NN=C1CCCCCCC1. The maximum absolute atomic E-state index is 11.7. The van der Waals surface area contributed by atoms with E-state index in [-0.39, 0.29) is 6.10 Å². The lowest BCUT2D eigenvalue weighted by Crippen LogP contribution is -2.41. The largest absolute Gasteiger partial charge is 0.376 e. The summed E-state index contributed by atoms with van der Waals surface area (Å²) in [5.74, 6) is -1.33. The van der Waals surface area contributed by atoms with Gasteiger partial charge in [0.15, 0.2) is 0 Å². The van der Waals surface area contributed by atoms with E-state index in [4.69, 9.17) is 4.74 Å². The van der Waals surface area contributed by atoms with Crippen LogP contribution in [-0.2, 0) is 14.3 Å². The number of hydrazone groups is 1. The minimum Gasteiger partial charge on any atom is -0.376 e. The Balaban J connectivity index is 1.70. The predicted molar refractivity (Wildman–Crippen MR) is 79.9 cm³/mol. The molecule has 2 amide bonds. The van der Waals surface area contributed by atoms with Crippen LogP contribution in [0.25, 0.3) is 0 Å². The second kappa shape index (κ2) is 8.77. The third-order valence-corrected chi connectivity index (χ3v) is 3.97. The number of hydrogen-bond donors (Lipinski definition) is 2. The van der Waals surface area contributed by atoms with E-state index in [1.807, 2.05) is 0 Å². The first-order valence-electron chi connectivity index (χ1n) is 8.01. The van der Waals surface area contributed by atoms with Crippen LogP contribution in [0.3, 0.4) is 0 Å². The van der Waals surface area contributed by atoms with E-state index >= 15 is 0 Å². The summed E-state index contributed by atoms with van der Waals surface area (Å²) >= 11 is 0. The molecule has 1 aliphatic heterocycles. The summed E-state index contributed by atoms with van der Waals surface area (Å²) in [5.41, 5.74) is 3.37. The van der Waals surface area contributed by atoms with E-state index in [1.165, 1.54) is 19.3 Å². The summed E-state index contributed by atoms with van der Waals surface area (Å²) in [6, 6.07) is 0. The van der Waals surface area contributed by atoms with Crippen LogP contribution in [0, 0.1) is 0 Å². The molecule has 0 unspecified atom stereocenters. The zero-order valence-corrected chi connectivity index (χ0v) is 12.5. The lowest BCUT2D eigenvalue weighted by atomic mass is 9.99. The van der Waals surface area contributed by atoms with Crippen molar-refractivity contribution in [1.29, 1.82) is 0 Å². The smallest absolute Gasteiger partial charge is 0.329 e. The summed E-state index contributed by atoms with van der Waals surface area (Å²) in [6.07, 6.45) is 9.76. The van der Waals surface area contributed by atoms with Crippen molar-refractivity contribution in [3.63, 3.8) is 0 Å². The molecule has 2 N–H and O–H groups in total. The molecule has 1 heterocycles. The van der Waals surface area contributed by atoms with Crippen LogP contribution < -0.4 is 10.7 Å². The monoisotopic (exact) mass is 295 g/mol. The van der Waals surface area contributed by atoms with Crippen molar-refractivity contribution < 1.29 is 14.3 Å². The van der Waals surface area contributed by atoms with Crippen molar-refractivity contribution in [2.45, 2.75) is 63.9 Å². The van der Waals surface area contributed by atoms with Gasteiger partial charge >= 0.3 is 11.8 Å². The number of carbonyl (C=O) groups is 2. The van der Waals surface area contributed by atoms with Gasteiger partial charge in [-0.25, -0.2) is 5.43 Å². The number of nitrogens with one attached hydrogen (secondary N) is 2. The number of carbonyl (C=O) groups excluding carboxylic acids is 2. The Morgan fingerprint density at radius 2 is 1.76 bits per heavy atom. The summed E-state index contributed by atoms with van der Waals surface area (Å²) in [6.45, 7) is 1.13. The molecule has 1 atom stereocenters. The molecule has 0 bridgehead atoms. The Kier molecular flexibility index (Phi) is 6.66. The summed E-state index contributed by atoms with van der Waals surface area (Å²) < 4.78 is 5.39. The fourth-order valence-corrected chi connectivity index (χ4v) is 2.70. The molecule has 0 aromatic carbocycles. The Bertz CT molecular complexity index is 380. The molecule has 6 heteroatoms. The van der Waals surface area contributed by atoms with Gasteiger partial charge in [0.05, 0.1) is 6.10 Å². The molecule has 0 radical (unpaired) electrons. The maximum atomic E-state index is 11.7. The standard InChI is InChI=1S/C15H25N3O3/c19-14(16-11-13-9-6-10-21-13)15(20)18-17-12-7-4-2-1-3-5-8-12/h13H,1-11H2,(H,16,19)(H,18,20)/t13-/m0/s1. The third-order valence-electron chi connectivity index (χ3n) is 3.97. The van der Waals surface area contributed by atoms with Crippen LogP contribution in [0.5, 0.6) is 0 Å². The highest BCUT2D eigenvalue weighted by atomic mass is 16.5. The minimum absolute atomic E-state index is 0.0404. The van der Waals surface area contributed by atoms with Crippen LogP contribution in [0.4, 0.5) is 0 Å². The van der Waals surface area contributed by atoms with Gasteiger partial charge in [-0.05, 0) is 38.5 Å². The summed E-state index contributed by atoms with van der Waals surface area (Å²) in [7, 11) is 0. The fraction of sp³-hybridized carbons (Fsp3) is 0.800. The van der Waals surface area contributed by atoms with E-state index in [2.05, 4.69) is 15.8 Å². The second-order valence-electron chi connectivity index (χ2n) is 5.73. The van der Waals surface area contributed by atoms with Crippen molar-refractivity contribution in [2.24, 2.45) is 5.10 Å². The Morgan fingerprint density at radius 1 is 1.05 bits per heavy atom. The zero-order valence-electron chi connectivity index (χ0n) is 12.5. The van der Waals surface area contributed by atoms with Gasteiger partial charge < -0.3 is 10.1 Å². The Hall–Kier alpha value is -1.43. The Morgan fingerprint density at radius 3 is 2.43 bits per heavy atom. The van der Waals surface area contributed by atoms with E-state index in [0.717, 1.165) is 50.8 Å². The van der Waals surface area contributed by atoms with E-state index in [0.29, 0.717) is 6.54 Å². The average molecular weight is 295 g/mol. The number of rotatable bonds is 3. The maximum Gasteiger partial charge on any atom is 0.329 e. The summed E-state index contributed by atoms with van der Waals surface area (Å²) in [5, 5.41) is 6.70. The lowest BCUT2D eigenvalue weighted by Gasteiger charge is -2.11. The van der Waals surface area contributed by atoms with E-state index in [9.17, 15) is 9.59 Å². The molecular formula is C15H25N3O3. The summed E-state index contributed by atoms with van der Waals surface area (Å²) in [4.78, 5) is 23.3.